The van der Waals surface area contributed by atoms with E-state index in [0.717, 1.165) is 6.07 Å². The highest BCUT2D eigenvalue weighted by molar-refractivity contribution is 9.10. The molecule has 0 aromatic heterocycles. The van der Waals surface area contributed by atoms with Crippen LogP contribution in [0.1, 0.15) is 16.8 Å². The molecule has 1 rings (SSSR count). The number of hydrogen-bond donors (Lipinski definition) is 1. The first-order valence-corrected chi connectivity index (χ1v) is 6.03. The van der Waals surface area contributed by atoms with Crippen LogP contribution >= 0.6 is 15.9 Å². The molecular formula is C11H11BrN2O5. The number of hydrogen-bond acceptors (Lipinski definition) is 5. The lowest BCUT2D eigenvalue weighted by atomic mass is 10.2. The van der Waals surface area contributed by atoms with Gasteiger partial charge in [-0.3, -0.25) is 19.7 Å². The summed E-state index contributed by atoms with van der Waals surface area (Å²) < 4.78 is 4.85. The maximum absolute atomic E-state index is 11.7. The first kappa shape index (κ1) is 15.1. The molecule has 0 aliphatic heterocycles. The number of nitrogens with one attached hydrogen (secondary N) is 1. The van der Waals surface area contributed by atoms with Crippen LogP contribution in [0.4, 0.5) is 5.69 Å². The van der Waals surface area contributed by atoms with Crippen molar-refractivity contribution in [2.75, 3.05) is 13.7 Å². The standard InChI is InChI=1S/C11H11BrN2O5/c1-19-10(15)2-3-13-11(16)7-4-8(12)6-9(5-7)14(17)18/h4-6H,2-3H2,1H3,(H,13,16). The largest absolute Gasteiger partial charge is 0.469 e. The molecule has 8 heteroatoms. The van der Waals surface area contributed by atoms with Gasteiger partial charge in [-0.2, -0.15) is 0 Å². The monoisotopic (exact) mass is 330 g/mol. The molecule has 1 amide bonds. The number of rotatable bonds is 5. The Labute approximate surface area is 117 Å². The number of amides is 1. The van der Waals surface area contributed by atoms with E-state index in [4.69, 9.17) is 0 Å². The zero-order valence-electron chi connectivity index (χ0n) is 10.0. The van der Waals surface area contributed by atoms with E-state index in [0.29, 0.717) is 4.47 Å². The molecule has 0 saturated heterocycles. The van der Waals surface area contributed by atoms with Gasteiger partial charge in [-0.05, 0) is 6.07 Å². The molecule has 0 unspecified atom stereocenters. The molecule has 102 valence electrons. The minimum absolute atomic E-state index is 0.0400. The van der Waals surface area contributed by atoms with Crippen LogP contribution in [0, 0.1) is 10.1 Å². The van der Waals surface area contributed by atoms with Gasteiger partial charge in [0.15, 0.2) is 0 Å². The lowest BCUT2D eigenvalue weighted by Crippen LogP contribution is -2.26. The van der Waals surface area contributed by atoms with Gasteiger partial charge in [0.05, 0.1) is 18.5 Å². The number of benzene rings is 1. The predicted octanol–water partition coefficient (Wildman–Crippen LogP) is 1.65. The number of nitrogens with zero attached hydrogens (tertiary/aromatic N) is 1. The van der Waals surface area contributed by atoms with Crippen LogP contribution in [0.5, 0.6) is 0 Å². The Morgan fingerprint density at radius 1 is 1.42 bits per heavy atom. The van der Waals surface area contributed by atoms with Gasteiger partial charge in [0, 0.05) is 28.7 Å². The van der Waals surface area contributed by atoms with Gasteiger partial charge in [0.1, 0.15) is 0 Å². The summed E-state index contributed by atoms with van der Waals surface area (Å²) in [5.41, 5.74) is -0.0431. The number of nitro groups is 1. The van der Waals surface area contributed by atoms with E-state index >= 15 is 0 Å². The molecule has 0 fully saturated rings. The van der Waals surface area contributed by atoms with Crippen LogP contribution in [0.3, 0.4) is 0 Å². The number of carbonyl (C=O) groups excluding carboxylic acids is 2. The van der Waals surface area contributed by atoms with E-state index < -0.39 is 16.8 Å². The van der Waals surface area contributed by atoms with Gasteiger partial charge in [-0.15, -0.1) is 0 Å². The fourth-order valence-electron chi connectivity index (χ4n) is 1.29. The normalized spacial score (nSPS) is 9.79. The number of non-ortho nitro benzene ring substituents is 1. The molecule has 7 nitrogen and oxygen atoms in total. The van der Waals surface area contributed by atoms with Crippen molar-refractivity contribution in [2.24, 2.45) is 0 Å². The summed E-state index contributed by atoms with van der Waals surface area (Å²) in [5.74, 6) is -0.936. The van der Waals surface area contributed by atoms with Gasteiger partial charge < -0.3 is 10.1 Å². The summed E-state index contributed by atoms with van der Waals surface area (Å²) >= 11 is 3.09. The summed E-state index contributed by atoms with van der Waals surface area (Å²) in [6.07, 6.45) is 0.0400. The van der Waals surface area contributed by atoms with Crippen LogP contribution in [0.2, 0.25) is 0 Å². The third-order valence-electron chi connectivity index (χ3n) is 2.20. The van der Waals surface area contributed by atoms with E-state index in [1.54, 1.807) is 0 Å². The van der Waals surface area contributed by atoms with E-state index in [1.807, 2.05) is 0 Å². The fourth-order valence-corrected chi connectivity index (χ4v) is 1.77. The van der Waals surface area contributed by atoms with Crippen molar-refractivity contribution in [3.8, 4) is 0 Å². The van der Waals surface area contributed by atoms with E-state index in [-0.39, 0.29) is 24.2 Å². The van der Waals surface area contributed by atoms with Crippen LogP contribution < -0.4 is 5.32 Å². The van der Waals surface area contributed by atoms with E-state index in [1.165, 1.54) is 19.2 Å². The maximum atomic E-state index is 11.7. The van der Waals surface area contributed by atoms with Gasteiger partial charge in [-0.1, -0.05) is 15.9 Å². The molecule has 0 radical (unpaired) electrons. The zero-order chi connectivity index (χ0) is 14.4. The van der Waals surface area contributed by atoms with Crippen molar-refractivity contribution in [1.82, 2.24) is 5.32 Å². The number of nitro benzene ring substituents is 1. The van der Waals surface area contributed by atoms with Crippen LogP contribution in [-0.4, -0.2) is 30.5 Å². The van der Waals surface area contributed by atoms with Gasteiger partial charge in [-0.25, -0.2) is 0 Å². The molecule has 1 N–H and O–H groups in total. The topological polar surface area (TPSA) is 98.5 Å². The minimum Gasteiger partial charge on any atom is -0.469 e. The summed E-state index contributed by atoms with van der Waals surface area (Å²) in [6.45, 7) is 0.103. The Morgan fingerprint density at radius 2 is 2.11 bits per heavy atom. The molecule has 0 atom stereocenters. The van der Waals surface area contributed by atoms with E-state index in [2.05, 4.69) is 26.0 Å². The van der Waals surface area contributed by atoms with Gasteiger partial charge in [0.25, 0.3) is 11.6 Å². The molecule has 0 aliphatic rings. The van der Waals surface area contributed by atoms with Crippen LogP contribution in [0.25, 0.3) is 0 Å². The Balaban J connectivity index is 2.71. The predicted molar refractivity (Wildman–Crippen MR) is 69.8 cm³/mol. The molecule has 1 aromatic rings. The second-order valence-electron chi connectivity index (χ2n) is 3.54. The minimum atomic E-state index is -0.587. The van der Waals surface area contributed by atoms with Crippen molar-refractivity contribution < 1.29 is 19.2 Å². The van der Waals surface area contributed by atoms with Crippen LogP contribution in [0.15, 0.2) is 22.7 Å². The molecule has 19 heavy (non-hydrogen) atoms. The first-order valence-electron chi connectivity index (χ1n) is 5.24. The fraction of sp³-hybridized carbons (Fsp3) is 0.273. The maximum Gasteiger partial charge on any atom is 0.307 e. The van der Waals surface area contributed by atoms with Crippen LogP contribution in [-0.2, 0) is 9.53 Å². The van der Waals surface area contributed by atoms with Gasteiger partial charge in [0.2, 0.25) is 0 Å². The second kappa shape index (κ2) is 6.83. The van der Waals surface area contributed by atoms with Gasteiger partial charge >= 0.3 is 5.97 Å². The summed E-state index contributed by atoms with van der Waals surface area (Å²) in [6, 6.07) is 3.92. The van der Waals surface area contributed by atoms with E-state index in [9.17, 15) is 19.7 Å². The lowest BCUT2D eigenvalue weighted by molar-refractivity contribution is -0.385. The molecule has 0 saturated carbocycles. The molecule has 0 spiro atoms. The summed E-state index contributed by atoms with van der Waals surface area (Å²) in [4.78, 5) is 32.7. The molecule has 0 aliphatic carbocycles. The second-order valence-corrected chi connectivity index (χ2v) is 4.45. The molecular weight excluding hydrogens is 320 g/mol. The molecule has 1 aromatic carbocycles. The third-order valence-corrected chi connectivity index (χ3v) is 2.66. The highest BCUT2D eigenvalue weighted by Crippen LogP contribution is 2.21. The third kappa shape index (κ3) is 4.66. The average Bonchev–Trinajstić information content (AvgIpc) is 2.37. The lowest BCUT2D eigenvalue weighted by Gasteiger charge is -2.05. The van der Waals surface area contributed by atoms with Crippen molar-refractivity contribution >= 4 is 33.5 Å². The Bertz CT molecular complexity index is 518. The van der Waals surface area contributed by atoms with Crippen molar-refractivity contribution in [3.63, 3.8) is 0 Å². The zero-order valence-corrected chi connectivity index (χ0v) is 11.6. The smallest absolute Gasteiger partial charge is 0.307 e. The van der Waals surface area contributed by atoms with Crippen molar-refractivity contribution in [3.05, 3.63) is 38.3 Å². The SMILES string of the molecule is COC(=O)CCNC(=O)c1cc(Br)cc([N+](=O)[O-])c1. The van der Waals surface area contributed by atoms with Crippen molar-refractivity contribution in [2.45, 2.75) is 6.42 Å². The number of ether oxygens (including phenoxy) is 1. The average molecular weight is 331 g/mol. The number of methoxy groups -OCH3 is 1. The number of halogens is 1. The van der Waals surface area contributed by atoms with Crippen molar-refractivity contribution in [1.29, 1.82) is 0 Å². The summed E-state index contributed by atoms with van der Waals surface area (Å²) in [7, 11) is 1.25. The summed E-state index contributed by atoms with van der Waals surface area (Å²) in [5, 5.41) is 13.1. The first-order chi connectivity index (χ1) is 8.93. The molecule has 0 heterocycles. The Hall–Kier alpha value is -1.96. The molecule has 0 bridgehead atoms. The Morgan fingerprint density at radius 3 is 2.68 bits per heavy atom. The number of carbonyl (C=O) groups is 2. The Kier molecular flexibility index (Phi) is 5.43. The quantitative estimate of drug-likeness (QED) is 0.502. The highest BCUT2D eigenvalue weighted by Gasteiger charge is 2.13. The highest BCUT2D eigenvalue weighted by atomic mass is 79.9. The number of esters is 1.